The Kier molecular flexibility index (Phi) is 4.49. The van der Waals surface area contributed by atoms with Crippen LogP contribution in [0.2, 0.25) is 0 Å². The lowest BCUT2D eigenvalue weighted by Gasteiger charge is -2.09. The molecule has 0 bridgehead atoms. The average molecular weight is 225 g/mol. The van der Waals surface area contributed by atoms with Crippen LogP contribution in [-0.4, -0.2) is 28.9 Å². The van der Waals surface area contributed by atoms with Crippen LogP contribution in [0.4, 0.5) is 0 Å². The molecule has 0 aromatic carbocycles. The Labute approximate surface area is 95.6 Å². The third-order valence-electron chi connectivity index (χ3n) is 2.54. The molecule has 5 nitrogen and oxygen atoms in total. The average Bonchev–Trinajstić information content (AvgIpc) is 2.54. The molecule has 0 saturated heterocycles. The molecule has 90 valence electrons. The molecule has 0 amide bonds. The van der Waals surface area contributed by atoms with Gasteiger partial charge >= 0.3 is 5.97 Å². The number of carbonyl (C=O) groups is 1. The molecule has 0 fully saturated rings. The second-order valence-corrected chi connectivity index (χ2v) is 3.99. The number of hydrogen-bond acceptors (Lipinski definition) is 4. The largest absolute Gasteiger partial charge is 0.469 e. The number of aromatic nitrogens is 2. The van der Waals surface area contributed by atoms with E-state index in [-0.39, 0.29) is 12.0 Å². The minimum Gasteiger partial charge on any atom is -0.469 e. The third kappa shape index (κ3) is 3.66. The van der Waals surface area contributed by atoms with Crippen LogP contribution < -0.4 is 5.73 Å². The summed E-state index contributed by atoms with van der Waals surface area (Å²) in [7, 11) is 3.27. The maximum Gasteiger partial charge on any atom is 0.305 e. The van der Waals surface area contributed by atoms with Crippen molar-refractivity contribution in [2.45, 2.75) is 32.2 Å². The predicted octanol–water partition coefficient (Wildman–Crippen LogP) is 0.552. The summed E-state index contributed by atoms with van der Waals surface area (Å²) in [5, 5.41) is 4.25. The molecule has 1 atom stereocenters. The summed E-state index contributed by atoms with van der Waals surface area (Å²) in [5.74, 6) is -0.210. The van der Waals surface area contributed by atoms with E-state index in [0.29, 0.717) is 12.8 Å². The number of nitrogens with zero attached hydrogens (tertiary/aromatic N) is 2. The number of carbonyl (C=O) groups excluding carboxylic acids is 1. The number of rotatable bonds is 5. The molecule has 1 rings (SSSR count). The van der Waals surface area contributed by atoms with Crippen LogP contribution in [0, 0.1) is 6.92 Å². The zero-order valence-electron chi connectivity index (χ0n) is 10.1. The van der Waals surface area contributed by atoms with E-state index in [1.54, 1.807) is 4.68 Å². The Bertz CT molecular complexity index is 360. The summed E-state index contributed by atoms with van der Waals surface area (Å²) in [4.78, 5) is 10.9. The van der Waals surface area contributed by atoms with Crippen LogP contribution in [0.25, 0.3) is 0 Å². The fourth-order valence-electron chi connectivity index (χ4n) is 1.64. The highest BCUT2D eigenvalue weighted by Crippen LogP contribution is 2.09. The van der Waals surface area contributed by atoms with Gasteiger partial charge in [-0.05, 0) is 25.3 Å². The number of ether oxygens (including phenoxy) is 1. The van der Waals surface area contributed by atoms with Crippen molar-refractivity contribution in [2.75, 3.05) is 7.11 Å². The molecule has 0 aliphatic rings. The molecule has 5 heteroatoms. The molecule has 1 heterocycles. The Balaban J connectivity index is 2.42. The maximum absolute atomic E-state index is 10.9. The topological polar surface area (TPSA) is 70.1 Å². The van der Waals surface area contributed by atoms with Gasteiger partial charge in [-0.25, -0.2) is 0 Å². The zero-order valence-corrected chi connectivity index (χ0v) is 10.1. The number of methoxy groups -OCH3 is 1. The van der Waals surface area contributed by atoms with Crippen LogP contribution in [0.3, 0.4) is 0 Å². The number of esters is 1. The smallest absolute Gasteiger partial charge is 0.305 e. The lowest BCUT2D eigenvalue weighted by Crippen LogP contribution is -2.24. The molecule has 2 N–H and O–H groups in total. The Morgan fingerprint density at radius 2 is 2.38 bits per heavy atom. The van der Waals surface area contributed by atoms with Gasteiger partial charge in [0, 0.05) is 25.7 Å². The van der Waals surface area contributed by atoms with Crippen molar-refractivity contribution in [3.63, 3.8) is 0 Å². The maximum atomic E-state index is 10.9. The van der Waals surface area contributed by atoms with Crippen molar-refractivity contribution in [2.24, 2.45) is 12.8 Å². The number of nitrogens with two attached hydrogens (primary N) is 1. The second-order valence-electron chi connectivity index (χ2n) is 3.99. The normalized spacial score (nSPS) is 12.5. The third-order valence-corrected chi connectivity index (χ3v) is 2.54. The molecule has 1 aromatic heterocycles. The van der Waals surface area contributed by atoms with Crippen molar-refractivity contribution in [3.05, 3.63) is 17.5 Å². The van der Waals surface area contributed by atoms with Gasteiger partial charge in [-0.1, -0.05) is 0 Å². The van der Waals surface area contributed by atoms with Crippen molar-refractivity contribution in [1.29, 1.82) is 0 Å². The standard InChI is InChI=1S/C11H19N3O2/c1-8-9(7-14(2)13-8)6-10(12)4-5-11(15)16-3/h7,10H,4-6,12H2,1-3H3. The Morgan fingerprint density at radius 3 is 2.88 bits per heavy atom. The van der Waals surface area contributed by atoms with Crippen LogP contribution in [0.5, 0.6) is 0 Å². The summed E-state index contributed by atoms with van der Waals surface area (Å²) in [6.07, 6.45) is 3.72. The van der Waals surface area contributed by atoms with Gasteiger partial charge in [0.1, 0.15) is 0 Å². The van der Waals surface area contributed by atoms with E-state index < -0.39 is 0 Å². The molecule has 1 aromatic rings. The molecule has 0 saturated carbocycles. The molecular formula is C11H19N3O2. The van der Waals surface area contributed by atoms with Gasteiger partial charge < -0.3 is 10.5 Å². The van der Waals surface area contributed by atoms with Crippen molar-refractivity contribution >= 4 is 5.97 Å². The van der Waals surface area contributed by atoms with Crippen LogP contribution in [0.15, 0.2) is 6.20 Å². The predicted molar refractivity (Wildman–Crippen MR) is 60.9 cm³/mol. The van der Waals surface area contributed by atoms with Crippen LogP contribution in [0.1, 0.15) is 24.1 Å². The zero-order chi connectivity index (χ0) is 12.1. The first-order valence-corrected chi connectivity index (χ1v) is 5.34. The molecule has 0 radical (unpaired) electrons. The first-order chi connectivity index (χ1) is 7.52. The van der Waals surface area contributed by atoms with Gasteiger partial charge in [0.05, 0.1) is 12.8 Å². The van der Waals surface area contributed by atoms with Crippen LogP contribution in [-0.2, 0) is 23.0 Å². The quantitative estimate of drug-likeness (QED) is 0.743. The minimum absolute atomic E-state index is 0.0259. The molecule has 1 unspecified atom stereocenters. The fourth-order valence-corrected chi connectivity index (χ4v) is 1.64. The highest BCUT2D eigenvalue weighted by molar-refractivity contribution is 5.69. The second kappa shape index (κ2) is 5.65. The molecule has 0 aliphatic heterocycles. The summed E-state index contributed by atoms with van der Waals surface area (Å²) in [6, 6.07) is -0.0259. The van der Waals surface area contributed by atoms with E-state index in [4.69, 9.17) is 5.73 Å². The Hall–Kier alpha value is -1.36. The van der Waals surface area contributed by atoms with E-state index in [1.165, 1.54) is 7.11 Å². The Morgan fingerprint density at radius 1 is 1.69 bits per heavy atom. The van der Waals surface area contributed by atoms with Crippen molar-refractivity contribution in [3.8, 4) is 0 Å². The van der Waals surface area contributed by atoms with Crippen molar-refractivity contribution < 1.29 is 9.53 Å². The molecular weight excluding hydrogens is 206 g/mol. The van der Waals surface area contributed by atoms with Gasteiger partial charge in [-0.3, -0.25) is 9.48 Å². The summed E-state index contributed by atoms with van der Waals surface area (Å²) in [6.45, 7) is 1.96. The lowest BCUT2D eigenvalue weighted by atomic mass is 10.0. The summed E-state index contributed by atoms with van der Waals surface area (Å²) < 4.78 is 6.34. The van der Waals surface area contributed by atoms with Gasteiger partial charge in [-0.15, -0.1) is 0 Å². The van der Waals surface area contributed by atoms with E-state index in [2.05, 4.69) is 9.84 Å². The molecule has 0 aliphatic carbocycles. The van der Waals surface area contributed by atoms with Crippen LogP contribution >= 0.6 is 0 Å². The van der Waals surface area contributed by atoms with E-state index >= 15 is 0 Å². The molecule has 0 spiro atoms. The fraction of sp³-hybridized carbons (Fsp3) is 0.636. The monoisotopic (exact) mass is 225 g/mol. The van der Waals surface area contributed by atoms with Gasteiger partial charge in [0.2, 0.25) is 0 Å². The van der Waals surface area contributed by atoms with Crippen molar-refractivity contribution in [1.82, 2.24) is 9.78 Å². The van der Waals surface area contributed by atoms with Gasteiger partial charge in [0.25, 0.3) is 0 Å². The van der Waals surface area contributed by atoms with Gasteiger partial charge in [-0.2, -0.15) is 5.10 Å². The first-order valence-electron chi connectivity index (χ1n) is 5.34. The summed E-state index contributed by atoms with van der Waals surface area (Å²) in [5.41, 5.74) is 8.08. The highest BCUT2D eigenvalue weighted by Gasteiger charge is 2.11. The number of hydrogen-bond donors (Lipinski definition) is 1. The van der Waals surface area contributed by atoms with Gasteiger partial charge in [0.15, 0.2) is 0 Å². The highest BCUT2D eigenvalue weighted by atomic mass is 16.5. The minimum atomic E-state index is -0.210. The lowest BCUT2D eigenvalue weighted by molar-refractivity contribution is -0.140. The molecule has 16 heavy (non-hydrogen) atoms. The van der Waals surface area contributed by atoms with E-state index in [1.807, 2.05) is 20.2 Å². The summed E-state index contributed by atoms with van der Waals surface area (Å²) >= 11 is 0. The first kappa shape index (κ1) is 12.7. The van der Waals surface area contributed by atoms with E-state index in [9.17, 15) is 4.79 Å². The van der Waals surface area contributed by atoms with E-state index in [0.717, 1.165) is 17.7 Å². The number of aryl methyl sites for hydroxylation is 2. The SMILES string of the molecule is COC(=O)CCC(N)Cc1cn(C)nc1C.